The number of imidazole rings is 1. The van der Waals surface area contributed by atoms with Crippen molar-refractivity contribution in [2.45, 2.75) is 128 Å². The third-order valence-electron chi connectivity index (χ3n) is 10.2. The van der Waals surface area contributed by atoms with Crippen LogP contribution >= 0.6 is 0 Å². The number of hydrogen-bond acceptors (Lipinski definition) is 4. The lowest BCUT2D eigenvalue weighted by Gasteiger charge is -2.41. The van der Waals surface area contributed by atoms with Crippen molar-refractivity contribution < 1.29 is 9.59 Å². The number of amides is 3. The molecule has 0 aromatic carbocycles. The van der Waals surface area contributed by atoms with Gasteiger partial charge in [-0.25, -0.2) is 9.78 Å². The zero-order valence-corrected chi connectivity index (χ0v) is 24.8. The molecule has 1 unspecified atom stereocenters. The van der Waals surface area contributed by atoms with E-state index in [-0.39, 0.29) is 18.0 Å². The highest BCUT2D eigenvalue weighted by molar-refractivity contribution is 5.87. The number of piperazine rings is 1. The van der Waals surface area contributed by atoms with Crippen LogP contribution in [-0.4, -0.2) is 76.1 Å². The molecule has 1 aromatic rings. The smallest absolute Gasteiger partial charge is 0.318 e. The first-order valence-corrected chi connectivity index (χ1v) is 16.7. The number of rotatable bonds is 10. The molecule has 4 aliphatic rings. The van der Waals surface area contributed by atoms with Gasteiger partial charge in [-0.2, -0.15) is 0 Å². The molecule has 40 heavy (non-hydrogen) atoms. The van der Waals surface area contributed by atoms with E-state index < -0.39 is 6.04 Å². The number of aromatic nitrogens is 2. The monoisotopic (exact) mass is 554 g/mol. The molecule has 3 aliphatic carbocycles. The number of nitrogens with zero attached hydrogens (tertiary/aromatic N) is 4. The van der Waals surface area contributed by atoms with Gasteiger partial charge in [-0.15, -0.1) is 0 Å². The molecule has 8 heteroatoms. The molecule has 224 valence electrons. The third kappa shape index (κ3) is 8.46. The summed E-state index contributed by atoms with van der Waals surface area (Å²) >= 11 is 0. The maximum Gasteiger partial charge on any atom is 0.318 e. The molecule has 1 atom stereocenters. The van der Waals surface area contributed by atoms with Crippen LogP contribution in [0.25, 0.3) is 0 Å². The molecule has 1 aliphatic heterocycles. The van der Waals surface area contributed by atoms with Crippen LogP contribution in [0.1, 0.15) is 108 Å². The van der Waals surface area contributed by atoms with Gasteiger partial charge < -0.3 is 20.1 Å². The largest absolute Gasteiger partial charge is 0.354 e. The molecule has 3 saturated carbocycles. The summed E-state index contributed by atoms with van der Waals surface area (Å²) in [5.74, 6) is 1.56. The van der Waals surface area contributed by atoms with Crippen molar-refractivity contribution in [3.05, 3.63) is 18.2 Å². The highest BCUT2D eigenvalue weighted by Crippen LogP contribution is 2.27. The first-order chi connectivity index (χ1) is 19.7. The Bertz CT molecular complexity index is 916. The van der Waals surface area contributed by atoms with Crippen LogP contribution in [0.3, 0.4) is 0 Å². The van der Waals surface area contributed by atoms with Gasteiger partial charge in [0.2, 0.25) is 5.91 Å². The predicted octanol–water partition coefficient (Wildman–Crippen LogP) is 5.12. The van der Waals surface area contributed by atoms with Crippen LogP contribution in [0.5, 0.6) is 0 Å². The van der Waals surface area contributed by atoms with Gasteiger partial charge in [0, 0.05) is 57.1 Å². The van der Waals surface area contributed by atoms with Gasteiger partial charge in [-0.1, -0.05) is 70.6 Å². The summed E-state index contributed by atoms with van der Waals surface area (Å²) in [6, 6.07) is -0.237. The number of carbonyl (C=O) groups is 2. The molecule has 8 nitrogen and oxygen atoms in total. The summed E-state index contributed by atoms with van der Waals surface area (Å²) in [6.45, 7) is 4.76. The molecule has 2 heterocycles. The van der Waals surface area contributed by atoms with Crippen LogP contribution in [0.15, 0.2) is 12.5 Å². The predicted molar refractivity (Wildman–Crippen MR) is 159 cm³/mol. The number of carbonyl (C=O) groups excluding carboxylic acids is 2. The Balaban J connectivity index is 1.15. The molecule has 3 amide bonds. The van der Waals surface area contributed by atoms with E-state index in [0.717, 1.165) is 50.7 Å². The minimum absolute atomic E-state index is 0.0143. The molecule has 4 fully saturated rings. The Labute approximate surface area is 242 Å². The van der Waals surface area contributed by atoms with Crippen molar-refractivity contribution in [1.82, 2.24) is 30.0 Å². The van der Waals surface area contributed by atoms with Crippen molar-refractivity contribution >= 4 is 11.9 Å². The van der Waals surface area contributed by atoms with E-state index in [1.807, 2.05) is 17.4 Å². The minimum Gasteiger partial charge on any atom is -0.354 e. The first-order valence-electron chi connectivity index (χ1n) is 16.7. The number of hydrogen-bond donors (Lipinski definition) is 2. The second kappa shape index (κ2) is 15.2. The van der Waals surface area contributed by atoms with Gasteiger partial charge in [0.25, 0.3) is 0 Å². The summed E-state index contributed by atoms with van der Waals surface area (Å²) in [5, 5.41) is 6.48. The molecule has 0 bridgehead atoms. The van der Waals surface area contributed by atoms with Gasteiger partial charge in [-0.05, 0) is 50.5 Å². The summed E-state index contributed by atoms with van der Waals surface area (Å²) in [5.41, 5.74) is 1.19. The molecule has 0 spiro atoms. The van der Waals surface area contributed by atoms with E-state index in [1.165, 1.54) is 95.6 Å². The summed E-state index contributed by atoms with van der Waals surface area (Å²) in [7, 11) is 0. The van der Waals surface area contributed by atoms with Crippen LogP contribution < -0.4 is 10.6 Å². The zero-order valence-electron chi connectivity index (χ0n) is 24.8. The quantitative estimate of drug-likeness (QED) is 0.421. The molecule has 1 saturated heterocycles. The van der Waals surface area contributed by atoms with Gasteiger partial charge in [-0.3, -0.25) is 9.69 Å². The fourth-order valence-electron chi connectivity index (χ4n) is 7.66. The van der Waals surface area contributed by atoms with Gasteiger partial charge in [0.1, 0.15) is 6.04 Å². The summed E-state index contributed by atoms with van der Waals surface area (Å²) < 4.78 is 2.29. The van der Waals surface area contributed by atoms with E-state index in [1.54, 1.807) is 0 Å². The minimum atomic E-state index is -0.434. The molecule has 5 rings (SSSR count). The van der Waals surface area contributed by atoms with Crippen molar-refractivity contribution in [3.8, 4) is 0 Å². The highest BCUT2D eigenvalue weighted by Gasteiger charge is 2.36. The van der Waals surface area contributed by atoms with Crippen molar-refractivity contribution in [2.75, 3.05) is 32.7 Å². The Morgan fingerprint density at radius 3 is 2.25 bits per heavy atom. The Morgan fingerprint density at radius 1 is 0.850 bits per heavy atom. The Kier molecular flexibility index (Phi) is 11.2. The molecular weight excluding hydrogens is 500 g/mol. The Hall–Kier alpha value is -2.09. The van der Waals surface area contributed by atoms with Gasteiger partial charge >= 0.3 is 6.03 Å². The van der Waals surface area contributed by atoms with Crippen LogP contribution in [-0.2, 0) is 17.8 Å². The maximum absolute atomic E-state index is 13.6. The normalized spacial score (nSPS) is 24.2. The average molecular weight is 555 g/mol. The first kappa shape index (κ1) is 29.4. The lowest BCUT2D eigenvalue weighted by molar-refractivity contribution is -0.127. The van der Waals surface area contributed by atoms with E-state index in [0.29, 0.717) is 19.6 Å². The summed E-state index contributed by atoms with van der Waals surface area (Å²) in [4.78, 5) is 35.7. The lowest BCUT2D eigenvalue weighted by atomic mass is 9.87. The second-order valence-electron chi connectivity index (χ2n) is 13.2. The van der Waals surface area contributed by atoms with Crippen molar-refractivity contribution in [2.24, 2.45) is 11.8 Å². The van der Waals surface area contributed by atoms with Gasteiger partial charge in [0.05, 0.1) is 6.33 Å². The van der Waals surface area contributed by atoms with Crippen LogP contribution in [0.4, 0.5) is 4.79 Å². The maximum atomic E-state index is 13.6. The van der Waals surface area contributed by atoms with Crippen LogP contribution in [0, 0.1) is 11.8 Å². The topological polar surface area (TPSA) is 82.5 Å². The average Bonchev–Trinajstić information content (AvgIpc) is 3.44. The Morgan fingerprint density at radius 2 is 1.52 bits per heavy atom. The van der Waals surface area contributed by atoms with Crippen LogP contribution in [0.2, 0.25) is 0 Å². The molecular formula is C32H54N6O2. The highest BCUT2D eigenvalue weighted by atomic mass is 16.2. The van der Waals surface area contributed by atoms with E-state index in [4.69, 9.17) is 0 Å². The summed E-state index contributed by atoms with van der Waals surface area (Å²) in [6.07, 6.45) is 25.1. The fourth-order valence-corrected chi connectivity index (χ4v) is 7.66. The second-order valence-corrected chi connectivity index (χ2v) is 13.2. The van der Waals surface area contributed by atoms with E-state index in [2.05, 4.69) is 25.1 Å². The fraction of sp³-hybridized carbons (Fsp3) is 0.844. The number of urea groups is 1. The van der Waals surface area contributed by atoms with Crippen molar-refractivity contribution in [3.63, 3.8) is 0 Å². The van der Waals surface area contributed by atoms with E-state index >= 15 is 0 Å². The SMILES string of the molecule is O=C(NCCc1cncn1CC1CCCCC1)C1CN(CCC2CCCCC2)CCN1C(=O)NC1CCCCC1. The lowest BCUT2D eigenvalue weighted by Crippen LogP contribution is -2.63. The molecule has 0 radical (unpaired) electrons. The zero-order chi connectivity index (χ0) is 27.6. The molecule has 1 aromatic heterocycles. The standard InChI is InChI=1S/C32H54N6O2/c39-31(34-18-16-29-22-33-25-37(29)23-27-12-6-2-7-13-27)30-24-36(19-17-26-10-4-1-5-11-26)20-21-38(30)32(40)35-28-14-8-3-9-15-28/h22,25-28,30H,1-21,23-24H2,(H,34,39)(H,35,40). The van der Waals surface area contributed by atoms with Crippen molar-refractivity contribution in [1.29, 1.82) is 0 Å². The van der Waals surface area contributed by atoms with Gasteiger partial charge in [0.15, 0.2) is 0 Å². The van der Waals surface area contributed by atoms with E-state index in [9.17, 15) is 9.59 Å². The third-order valence-corrected chi connectivity index (χ3v) is 10.2. The molecule has 2 N–H and O–H groups in total. The number of nitrogens with one attached hydrogen (secondary N) is 2.